The van der Waals surface area contributed by atoms with Crippen molar-refractivity contribution in [2.24, 2.45) is 0 Å². The summed E-state index contributed by atoms with van der Waals surface area (Å²) in [7, 11) is 0. The maximum Gasteiger partial charge on any atom is 0.273 e. The number of nitrogens with zero attached hydrogens (tertiary/aromatic N) is 3. The van der Waals surface area contributed by atoms with Crippen molar-refractivity contribution < 1.29 is 9.18 Å². The fourth-order valence-corrected chi connectivity index (χ4v) is 3.50. The van der Waals surface area contributed by atoms with Crippen LogP contribution in [0.4, 0.5) is 10.1 Å². The molecule has 6 nitrogen and oxygen atoms in total. The molecule has 0 aliphatic carbocycles. The molecule has 0 saturated heterocycles. The van der Waals surface area contributed by atoms with Crippen LogP contribution in [0.3, 0.4) is 0 Å². The maximum absolute atomic E-state index is 13.3. The van der Waals surface area contributed by atoms with E-state index in [0.717, 1.165) is 10.9 Å². The Bertz CT molecular complexity index is 1290. The van der Waals surface area contributed by atoms with Gasteiger partial charge in [0.05, 0.1) is 5.52 Å². The van der Waals surface area contributed by atoms with Crippen LogP contribution in [0, 0.1) is 19.7 Å². The molecule has 0 saturated carbocycles. The van der Waals surface area contributed by atoms with E-state index >= 15 is 0 Å². The number of benzene rings is 2. The number of nitrogens with one attached hydrogen (secondary N) is 1. The lowest BCUT2D eigenvalue weighted by Gasteiger charge is -2.19. The van der Waals surface area contributed by atoms with Crippen molar-refractivity contribution in [1.29, 1.82) is 0 Å². The van der Waals surface area contributed by atoms with Crippen molar-refractivity contribution in [3.63, 3.8) is 0 Å². The van der Waals surface area contributed by atoms with Crippen LogP contribution in [0.2, 0.25) is 0 Å². The van der Waals surface area contributed by atoms with Crippen LogP contribution in [0.15, 0.2) is 53.3 Å². The van der Waals surface area contributed by atoms with Gasteiger partial charge >= 0.3 is 0 Å². The van der Waals surface area contributed by atoms with Crippen molar-refractivity contribution >= 4 is 28.1 Å². The van der Waals surface area contributed by atoms with Crippen LogP contribution in [-0.2, 0) is 4.79 Å². The predicted molar refractivity (Wildman–Crippen MR) is 106 cm³/mol. The first-order valence-electron chi connectivity index (χ1n) is 8.93. The van der Waals surface area contributed by atoms with Gasteiger partial charge in [-0.3, -0.25) is 14.3 Å². The number of hydrogen-bond donors (Lipinski definition) is 1. The summed E-state index contributed by atoms with van der Waals surface area (Å²) < 4.78 is 16.9. The molecule has 7 heteroatoms. The molecule has 0 radical (unpaired) electrons. The zero-order chi connectivity index (χ0) is 20.0. The van der Waals surface area contributed by atoms with E-state index < -0.39 is 6.04 Å². The number of aryl methyl sites for hydroxylation is 2. The second kappa shape index (κ2) is 6.60. The van der Waals surface area contributed by atoms with E-state index in [-0.39, 0.29) is 17.3 Å². The molecule has 0 unspecified atom stereocenters. The molecule has 2 aromatic carbocycles. The standard InChI is InChI=1S/C21H19FN4O2/c1-12-10-15(22)8-9-17(12)23-21(28)14(3)26-18-7-5-4-6-16(18)20-24-19(27)11-13(2)25(20)26/h4-11,14H,1-3H3,(H,23,28)/t14-/m0/s1. The van der Waals surface area contributed by atoms with Crippen molar-refractivity contribution in [1.82, 2.24) is 14.2 Å². The van der Waals surface area contributed by atoms with Crippen LogP contribution in [0.1, 0.15) is 24.2 Å². The molecule has 1 amide bonds. The molecule has 1 atom stereocenters. The average Bonchev–Trinajstić information content (AvgIpc) is 2.98. The highest BCUT2D eigenvalue weighted by Gasteiger charge is 2.22. The van der Waals surface area contributed by atoms with Crippen LogP contribution in [-0.4, -0.2) is 20.1 Å². The highest BCUT2D eigenvalue weighted by atomic mass is 19.1. The summed E-state index contributed by atoms with van der Waals surface area (Å²) >= 11 is 0. The lowest BCUT2D eigenvalue weighted by Crippen LogP contribution is -2.27. The molecular formula is C21H19FN4O2. The van der Waals surface area contributed by atoms with Crippen LogP contribution < -0.4 is 10.9 Å². The largest absolute Gasteiger partial charge is 0.324 e. The highest BCUT2D eigenvalue weighted by Crippen LogP contribution is 2.26. The van der Waals surface area contributed by atoms with E-state index in [2.05, 4.69) is 10.3 Å². The van der Waals surface area contributed by atoms with E-state index in [1.165, 1.54) is 18.2 Å². The Morgan fingerprint density at radius 3 is 2.64 bits per heavy atom. The second-order valence-corrected chi connectivity index (χ2v) is 6.86. The van der Waals surface area contributed by atoms with E-state index in [4.69, 9.17) is 0 Å². The summed E-state index contributed by atoms with van der Waals surface area (Å²) in [6, 6.07) is 12.6. The molecule has 0 spiro atoms. The summed E-state index contributed by atoms with van der Waals surface area (Å²) in [6.45, 7) is 5.32. The molecule has 0 aliphatic heterocycles. The van der Waals surface area contributed by atoms with Gasteiger partial charge in [0.1, 0.15) is 11.9 Å². The zero-order valence-electron chi connectivity index (χ0n) is 15.7. The molecule has 0 bridgehead atoms. The predicted octanol–water partition coefficient (Wildman–Crippen LogP) is 3.60. The minimum atomic E-state index is -0.602. The van der Waals surface area contributed by atoms with E-state index in [9.17, 15) is 14.0 Å². The quantitative estimate of drug-likeness (QED) is 0.592. The fraction of sp³-hybridized carbons (Fsp3) is 0.190. The van der Waals surface area contributed by atoms with E-state index in [0.29, 0.717) is 22.6 Å². The Kier molecular flexibility index (Phi) is 4.22. The summed E-state index contributed by atoms with van der Waals surface area (Å²) in [4.78, 5) is 29.1. The second-order valence-electron chi connectivity index (χ2n) is 6.86. The van der Waals surface area contributed by atoms with Gasteiger partial charge in [-0.2, -0.15) is 4.98 Å². The molecule has 28 heavy (non-hydrogen) atoms. The van der Waals surface area contributed by atoms with Crippen LogP contribution >= 0.6 is 0 Å². The highest BCUT2D eigenvalue weighted by molar-refractivity contribution is 5.97. The van der Waals surface area contributed by atoms with Gasteiger partial charge in [-0.25, -0.2) is 8.91 Å². The number of aromatic nitrogens is 3. The van der Waals surface area contributed by atoms with E-state index in [1.54, 1.807) is 31.4 Å². The molecule has 2 heterocycles. The normalized spacial score (nSPS) is 12.4. The third kappa shape index (κ3) is 2.85. The number of rotatable bonds is 3. The number of amides is 1. The topological polar surface area (TPSA) is 68.4 Å². The van der Waals surface area contributed by atoms with Crippen molar-refractivity contribution in [3.8, 4) is 0 Å². The molecule has 2 aromatic heterocycles. The Labute approximate surface area is 160 Å². The monoisotopic (exact) mass is 378 g/mol. The van der Waals surface area contributed by atoms with Gasteiger partial charge in [0.25, 0.3) is 5.56 Å². The summed E-state index contributed by atoms with van der Waals surface area (Å²) in [5.41, 5.74) is 2.87. The Hall–Kier alpha value is -3.48. The number of para-hydroxylation sites is 1. The SMILES string of the molecule is Cc1cc(F)ccc1NC(=O)[C@H](C)n1c2ccccc2c2nc(=O)cc(C)n21. The number of hydrogen-bond acceptors (Lipinski definition) is 3. The molecule has 4 rings (SSSR count). The number of carbonyl (C=O) groups is 1. The Morgan fingerprint density at radius 2 is 1.89 bits per heavy atom. The zero-order valence-corrected chi connectivity index (χ0v) is 15.7. The molecule has 1 N–H and O–H groups in total. The number of carbonyl (C=O) groups excluding carboxylic acids is 1. The van der Waals surface area contributed by atoms with Gasteiger partial charge in [0.15, 0.2) is 5.65 Å². The summed E-state index contributed by atoms with van der Waals surface area (Å²) in [5, 5.41) is 3.66. The smallest absolute Gasteiger partial charge is 0.273 e. The number of halogens is 1. The van der Waals surface area contributed by atoms with Crippen LogP contribution in [0.25, 0.3) is 16.6 Å². The average molecular weight is 378 g/mol. The Morgan fingerprint density at radius 1 is 1.14 bits per heavy atom. The van der Waals surface area contributed by atoms with Crippen molar-refractivity contribution in [2.45, 2.75) is 26.8 Å². The summed E-state index contributed by atoms with van der Waals surface area (Å²) in [5.74, 6) is -0.605. The lowest BCUT2D eigenvalue weighted by molar-refractivity contribution is -0.119. The third-order valence-electron chi connectivity index (χ3n) is 4.88. The number of anilines is 1. The number of fused-ring (bicyclic) bond motifs is 3. The maximum atomic E-state index is 13.3. The molecule has 142 valence electrons. The lowest BCUT2D eigenvalue weighted by atomic mass is 10.2. The first-order valence-corrected chi connectivity index (χ1v) is 8.93. The van der Waals surface area contributed by atoms with Gasteiger partial charge in [0, 0.05) is 22.8 Å². The first kappa shape index (κ1) is 17.9. The van der Waals surface area contributed by atoms with Crippen molar-refractivity contribution in [3.05, 3.63) is 76.0 Å². The van der Waals surface area contributed by atoms with Gasteiger partial charge < -0.3 is 5.32 Å². The minimum absolute atomic E-state index is 0.254. The minimum Gasteiger partial charge on any atom is -0.324 e. The first-order chi connectivity index (χ1) is 13.4. The molecule has 0 aliphatic rings. The van der Waals surface area contributed by atoms with Gasteiger partial charge in [0.2, 0.25) is 5.91 Å². The summed E-state index contributed by atoms with van der Waals surface area (Å²) in [6.07, 6.45) is 0. The van der Waals surface area contributed by atoms with Crippen LogP contribution in [0.5, 0.6) is 0 Å². The van der Waals surface area contributed by atoms with Gasteiger partial charge in [-0.1, -0.05) is 12.1 Å². The van der Waals surface area contributed by atoms with Gasteiger partial charge in [-0.05, 0) is 56.7 Å². The van der Waals surface area contributed by atoms with Gasteiger partial charge in [-0.15, -0.1) is 0 Å². The van der Waals surface area contributed by atoms with E-state index in [1.807, 2.05) is 28.9 Å². The molecule has 4 aromatic rings. The molecule has 0 fully saturated rings. The Balaban J connectivity index is 1.85. The third-order valence-corrected chi connectivity index (χ3v) is 4.88. The van der Waals surface area contributed by atoms with Crippen molar-refractivity contribution in [2.75, 3.05) is 5.32 Å². The molecular weight excluding hydrogens is 359 g/mol. The fourth-order valence-electron chi connectivity index (χ4n) is 3.50.